The summed E-state index contributed by atoms with van der Waals surface area (Å²) in [6, 6.07) is 4.46. The molecular weight excluding hydrogens is 608 g/mol. The molecule has 0 saturated heterocycles. The van der Waals surface area contributed by atoms with Gasteiger partial charge in [0, 0.05) is 0 Å². The van der Waals surface area contributed by atoms with E-state index in [1.54, 1.807) is 0 Å². The van der Waals surface area contributed by atoms with Gasteiger partial charge < -0.3 is 9.47 Å². The van der Waals surface area contributed by atoms with Gasteiger partial charge in [0.05, 0.1) is 10.0 Å². The van der Waals surface area contributed by atoms with Gasteiger partial charge in [-0.25, -0.2) is 17.6 Å². The van der Waals surface area contributed by atoms with Crippen LogP contribution in [0.4, 0.5) is 26.3 Å². The molecular formula is C22Cl4F6N4O2. The first kappa shape index (κ1) is 28.5. The third kappa shape index (κ3) is 4.35. The van der Waals surface area contributed by atoms with E-state index in [-0.39, 0.29) is 0 Å². The van der Waals surface area contributed by atoms with E-state index >= 15 is 0 Å². The molecule has 6 nitrogen and oxygen atoms in total. The van der Waals surface area contributed by atoms with Gasteiger partial charge in [0.1, 0.15) is 56.6 Å². The van der Waals surface area contributed by atoms with Crippen LogP contribution < -0.4 is 9.47 Å². The molecule has 0 bridgehead atoms. The van der Waals surface area contributed by atoms with Crippen molar-refractivity contribution in [3.63, 3.8) is 0 Å². The van der Waals surface area contributed by atoms with E-state index in [9.17, 15) is 26.3 Å². The molecule has 0 saturated carbocycles. The second-order valence-electron chi connectivity index (χ2n) is 6.61. The summed E-state index contributed by atoms with van der Waals surface area (Å²) >= 11 is 23.8. The fourth-order valence-corrected chi connectivity index (χ4v) is 3.75. The minimum absolute atomic E-state index is 0.680. The van der Waals surface area contributed by atoms with Gasteiger partial charge >= 0.3 is 0 Å². The number of halogens is 10. The number of hydrogen-bond acceptors (Lipinski definition) is 6. The molecule has 190 valence electrons. The molecule has 3 aromatic carbocycles. The van der Waals surface area contributed by atoms with Crippen LogP contribution in [0.2, 0.25) is 20.1 Å². The Kier molecular flexibility index (Phi) is 8.07. The highest BCUT2D eigenvalue weighted by atomic mass is 35.5. The number of nitrogens with zero attached hydrogens (tertiary/aromatic N) is 4. The van der Waals surface area contributed by atoms with Crippen molar-refractivity contribution in [2.24, 2.45) is 0 Å². The van der Waals surface area contributed by atoms with Crippen molar-refractivity contribution in [2.75, 3.05) is 0 Å². The number of ether oxygens (including phenoxy) is 2. The van der Waals surface area contributed by atoms with E-state index in [0.717, 1.165) is 24.3 Å². The normalized spacial score (nSPS) is 10.3. The van der Waals surface area contributed by atoms with Crippen molar-refractivity contribution >= 4 is 46.4 Å². The van der Waals surface area contributed by atoms with E-state index in [2.05, 4.69) is 0 Å². The zero-order valence-corrected chi connectivity index (χ0v) is 20.4. The molecule has 38 heavy (non-hydrogen) atoms. The first-order chi connectivity index (χ1) is 17.9. The first-order valence-electron chi connectivity index (χ1n) is 9.10. The molecule has 3 aromatic rings. The van der Waals surface area contributed by atoms with Crippen LogP contribution in [-0.2, 0) is 0 Å². The van der Waals surface area contributed by atoms with Crippen LogP contribution in [0.5, 0.6) is 23.0 Å². The van der Waals surface area contributed by atoms with E-state index in [1.807, 2.05) is 0 Å². The van der Waals surface area contributed by atoms with Gasteiger partial charge in [0.25, 0.3) is 0 Å². The van der Waals surface area contributed by atoms with Crippen molar-refractivity contribution in [3.05, 3.63) is 77.2 Å². The van der Waals surface area contributed by atoms with Crippen LogP contribution in [0.15, 0.2) is 0 Å². The molecule has 0 atom stereocenters. The van der Waals surface area contributed by atoms with Crippen LogP contribution in [0.25, 0.3) is 0 Å². The highest BCUT2D eigenvalue weighted by Gasteiger charge is 2.33. The summed E-state index contributed by atoms with van der Waals surface area (Å²) < 4.78 is 97.5. The molecule has 0 heterocycles. The maximum Gasteiger partial charge on any atom is 0.205 e. The molecule has 0 spiro atoms. The minimum Gasteiger partial charge on any atom is -0.445 e. The Bertz CT molecular complexity index is 1610. The average Bonchev–Trinajstić information content (AvgIpc) is 2.90. The molecule has 0 aliphatic rings. The Morgan fingerprint density at radius 1 is 0.395 bits per heavy atom. The van der Waals surface area contributed by atoms with Crippen molar-refractivity contribution < 1.29 is 35.8 Å². The van der Waals surface area contributed by atoms with Crippen LogP contribution >= 0.6 is 46.4 Å². The average molecular weight is 608 g/mol. The van der Waals surface area contributed by atoms with E-state index in [4.69, 9.17) is 76.9 Å². The van der Waals surface area contributed by atoms with Crippen molar-refractivity contribution in [3.8, 4) is 47.3 Å². The summed E-state index contributed by atoms with van der Waals surface area (Å²) in [5.41, 5.74) is -5.22. The molecule has 0 N–H and O–H groups in total. The van der Waals surface area contributed by atoms with Crippen molar-refractivity contribution in [1.29, 1.82) is 21.0 Å². The second-order valence-corrected chi connectivity index (χ2v) is 8.12. The van der Waals surface area contributed by atoms with Gasteiger partial charge in [-0.15, -0.1) is 0 Å². The second kappa shape index (κ2) is 10.8. The molecule has 0 fully saturated rings. The van der Waals surface area contributed by atoms with Crippen LogP contribution in [0.1, 0.15) is 22.3 Å². The van der Waals surface area contributed by atoms with Gasteiger partial charge in [-0.1, -0.05) is 46.4 Å². The fourth-order valence-electron chi connectivity index (χ4n) is 2.85. The van der Waals surface area contributed by atoms with Gasteiger partial charge in [-0.2, -0.15) is 29.8 Å². The maximum atomic E-state index is 14.9. The van der Waals surface area contributed by atoms with E-state index in [1.165, 1.54) is 0 Å². The summed E-state index contributed by atoms with van der Waals surface area (Å²) in [5, 5.41) is 32.8. The minimum atomic E-state index is -2.16. The lowest BCUT2D eigenvalue weighted by molar-refractivity contribution is 0.349. The van der Waals surface area contributed by atoms with Crippen molar-refractivity contribution in [2.45, 2.75) is 0 Å². The standard InChI is InChI=1S/C22Cl4F6N4O2/c23-9-10(24)12(26)20(38-22-16(30)8(4-36)6(2-34)14(28)18(22)32)19(11(9)25)37-21-15(29)7(3-35)5(1-33)13(27)17(21)31. The Morgan fingerprint density at radius 2 is 0.658 bits per heavy atom. The van der Waals surface area contributed by atoms with Crippen LogP contribution in [-0.4, -0.2) is 0 Å². The van der Waals surface area contributed by atoms with Crippen LogP contribution in [0.3, 0.4) is 0 Å². The lowest BCUT2D eigenvalue weighted by atomic mass is 10.1. The number of rotatable bonds is 4. The monoisotopic (exact) mass is 606 g/mol. The Labute approximate surface area is 227 Å². The van der Waals surface area contributed by atoms with Gasteiger partial charge in [-0.3, -0.25) is 0 Å². The largest absolute Gasteiger partial charge is 0.445 e. The van der Waals surface area contributed by atoms with Gasteiger partial charge in [0.2, 0.25) is 23.1 Å². The van der Waals surface area contributed by atoms with Crippen molar-refractivity contribution in [1.82, 2.24) is 0 Å². The summed E-state index contributed by atoms with van der Waals surface area (Å²) in [6.07, 6.45) is 0. The lowest BCUT2D eigenvalue weighted by Gasteiger charge is -2.19. The SMILES string of the molecule is N#Cc1c(F)c(F)c(Oc2c(Cl)c(Cl)c(Cl)c(Cl)c2Oc2c(F)c(F)c(C#N)c(C#N)c2F)c(F)c1C#N. The molecule has 3 rings (SSSR count). The Morgan fingerprint density at radius 3 is 0.921 bits per heavy atom. The molecule has 16 heteroatoms. The molecule has 0 aromatic heterocycles. The summed E-state index contributed by atoms with van der Waals surface area (Å²) in [5.74, 6) is -18.0. The Balaban J connectivity index is 2.38. The molecule has 0 aliphatic carbocycles. The zero-order chi connectivity index (χ0) is 28.6. The van der Waals surface area contributed by atoms with E-state index in [0.29, 0.717) is 0 Å². The number of benzene rings is 3. The van der Waals surface area contributed by atoms with Gasteiger partial charge in [-0.05, 0) is 0 Å². The highest BCUT2D eigenvalue weighted by molar-refractivity contribution is 6.53. The molecule has 0 radical (unpaired) electrons. The predicted octanol–water partition coefficient (Wildman–Crippen LogP) is 8.21. The fraction of sp³-hybridized carbons (Fsp3) is 0. The third-order valence-electron chi connectivity index (χ3n) is 4.60. The highest BCUT2D eigenvalue weighted by Crippen LogP contribution is 2.54. The lowest BCUT2D eigenvalue weighted by Crippen LogP contribution is -2.07. The number of nitriles is 4. The summed E-state index contributed by atoms with van der Waals surface area (Å²) in [7, 11) is 0. The van der Waals surface area contributed by atoms with E-state index < -0.39 is 100 Å². The smallest absolute Gasteiger partial charge is 0.205 e. The van der Waals surface area contributed by atoms with Crippen LogP contribution in [0, 0.1) is 80.2 Å². The zero-order valence-electron chi connectivity index (χ0n) is 17.4. The topological polar surface area (TPSA) is 114 Å². The molecule has 0 amide bonds. The third-order valence-corrected chi connectivity index (χ3v) is 6.37. The van der Waals surface area contributed by atoms with Gasteiger partial charge in [0.15, 0.2) is 34.8 Å². The number of hydrogen-bond donors (Lipinski definition) is 0. The first-order valence-corrected chi connectivity index (χ1v) is 10.6. The predicted molar refractivity (Wildman–Crippen MR) is 118 cm³/mol. The molecule has 0 unspecified atom stereocenters. The maximum absolute atomic E-state index is 14.9. The Hall–Kier alpha value is -4.04. The summed E-state index contributed by atoms with van der Waals surface area (Å²) in [4.78, 5) is 0. The molecule has 0 aliphatic heterocycles. The quantitative estimate of drug-likeness (QED) is 0.168. The summed E-state index contributed by atoms with van der Waals surface area (Å²) in [6.45, 7) is 0.